The Labute approximate surface area is 128 Å². The molecule has 0 N–H and O–H groups in total. The van der Waals surface area contributed by atoms with Crippen LogP contribution in [0.2, 0.25) is 0 Å². The Morgan fingerprint density at radius 3 is 2.45 bits per heavy atom. The monoisotopic (exact) mass is 317 g/mol. The van der Waals surface area contributed by atoms with Gasteiger partial charge in [-0.2, -0.15) is 18.3 Å². The molecule has 2 atom stereocenters. The van der Waals surface area contributed by atoms with Crippen LogP contribution >= 0.6 is 0 Å². The summed E-state index contributed by atoms with van der Waals surface area (Å²) in [4.78, 5) is 2.49. The summed E-state index contributed by atoms with van der Waals surface area (Å²) in [5.74, 6) is 1.26. The minimum atomic E-state index is -4.42. The zero-order chi connectivity index (χ0) is 15.7. The molecule has 0 aromatic carbocycles. The van der Waals surface area contributed by atoms with Crippen molar-refractivity contribution in [1.29, 1.82) is 0 Å². The van der Waals surface area contributed by atoms with E-state index in [2.05, 4.69) is 10.00 Å². The molecule has 0 unspecified atom stereocenters. The van der Waals surface area contributed by atoms with E-state index in [1.54, 1.807) is 0 Å². The van der Waals surface area contributed by atoms with Gasteiger partial charge in [-0.15, -0.1) is 0 Å². The molecule has 4 nitrogen and oxygen atoms in total. The van der Waals surface area contributed by atoms with Gasteiger partial charge in [0.15, 0.2) is 5.69 Å². The molecule has 3 rings (SSSR count). The summed E-state index contributed by atoms with van der Waals surface area (Å²) in [5.41, 5.74) is -0.896. The van der Waals surface area contributed by atoms with Crippen LogP contribution in [-0.4, -0.2) is 40.9 Å². The van der Waals surface area contributed by atoms with Gasteiger partial charge in [-0.25, -0.2) is 4.68 Å². The number of halogens is 3. The number of alkyl halides is 3. The summed E-state index contributed by atoms with van der Waals surface area (Å²) < 4.78 is 44.6. The molecule has 1 saturated heterocycles. The fraction of sp³-hybridized carbons (Fsp3) is 0.800. The molecule has 1 aromatic heterocycles. The predicted octanol–water partition coefficient (Wildman–Crippen LogP) is 2.94. The van der Waals surface area contributed by atoms with Crippen molar-refractivity contribution in [2.45, 2.75) is 31.9 Å². The van der Waals surface area contributed by atoms with Gasteiger partial charge in [0, 0.05) is 19.7 Å². The zero-order valence-corrected chi connectivity index (χ0v) is 12.8. The average molecular weight is 317 g/mol. The van der Waals surface area contributed by atoms with Crippen LogP contribution in [0.3, 0.4) is 0 Å². The molecule has 22 heavy (non-hydrogen) atoms. The van der Waals surface area contributed by atoms with Crippen molar-refractivity contribution in [3.05, 3.63) is 11.8 Å². The van der Waals surface area contributed by atoms with Gasteiger partial charge in [0.05, 0.1) is 6.61 Å². The highest BCUT2D eigenvalue weighted by Gasteiger charge is 2.36. The van der Waals surface area contributed by atoms with E-state index in [0.717, 1.165) is 23.7 Å². The van der Waals surface area contributed by atoms with Crippen molar-refractivity contribution in [3.63, 3.8) is 0 Å². The molecule has 124 valence electrons. The number of nitrogens with zero attached hydrogens (tertiary/aromatic N) is 3. The van der Waals surface area contributed by atoms with E-state index >= 15 is 0 Å². The van der Waals surface area contributed by atoms with Crippen molar-refractivity contribution in [2.24, 2.45) is 18.9 Å². The van der Waals surface area contributed by atoms with Crippen molar-refractivity contribution in [3.8, 4) is 5.88 Å². The first-order chi connectivity index (χ1) is 10.4. The summed E-state index contributed by atoms with van der Waals surface area (Å²) in [6.45, 7) is 3.95. The van der Waals surface area contributed by atoms with Crippen molar-refractivity contribution >= 4 is 0 Å². The minimum absolute atomic E-state index is 0.194. The Hall–Kier alpha value is -1.24. The highest BCUT2D eigenvalue weighted by molar-refractivity contribution is 5.18. The van der Waals surface area contributed by atoms with E-state index in [1.165, 1.54) is 39.4 Å². The molecule has 0 amide bonds. The predicted molar refractivity (Wildman–Crippen MR) is 75.6 cm³/mol. The van der Waals surface area contributed by atoms with Crippen LogP contribution in [0.5, 0.6) is 5.88 Å². The summed E-state index contributed by atoms with van der Waals surface area (Å²) in [5, 5.41) is 3.46. The lowest BCUT2D eigenvalue weighted by Crippen LogP contribution is -2.39. The first kappa shape index (κ1) is 15.6. The van der Waals surface area contributed by atoms with Crippen LogP contribution in [0.4, 0.5) is 13.2 Å². The van der Waals surface area contributed by atoms with Gasteiger partial charge in [0.2, 0.25) is 5.88 Å². The molecule has 1 aromatic rings. The summed E-state index contributed by atoms with van der Waals surface area (Å²) in [7, 11) is 1.48. The van der Waals surface area contributed by atoms with Gasteiger partial charge in [0.1, 0.15) is 0 Å². The fourth-order valence-electron chi connectivity index (χ4n) is 3.31. The number of hydrogen-bond acceptors (Lipinski definition) is 3. The topological polar surface area (TPSA) is 30.3 Å². The van der Waals surface area contributed by atoms with Crippen molar-refractivity contribution in [1.82, 2.24) is 14.7 Å². The van der Waals surface area contributed by atoms with Gasteiger partial charge < -0.3 is 9.64 Å². The molecule has 0 spiro atoms. The first-order valence-corrected chi connectivity index (χ1v) is 7.90. The molecule has 2 heterocycles. The standard InChI is InChI=1S/C15H22F3N3O/c1-20-14(8-13(19-20)15(16,17)18)22-10-12-5-4-11(12)9-21-6-2-3-7-21/h8,11-12H,2-7,9-10H2,1H3/t11-,12+/m1/s1. The molecular formula is C15H22F3N3O. The lowest BCUT2D eigenvalue weighted by Gasteiger charge is -2.38. The van der Waals surface area contributed by atoms with Crippen molar-refractivity contribution in [2.75, 3.05) is 26.2 Å². The third-order valence-corrected chi connectivity index (χ3v) is 4.84. The maximum absolute atomic E-state index is 12.6. The molecule has 2 aliphatic rings. The molecule has 7 heteroatoms. The van der Waals surface area contributed by atoms with E-state index in [1.807, 2.05) is 0 Å². The third-order valence-electron chi connectivity index (χ3n) is 4.84. The van der Waals surface area contributed by atoms with E-state index in [0.29, 0.717) is 18.4 Å². The second-order valence-corrected chi connectivity index (χ2v) is 6.41. The number of ether oxygens (including phenoxy) is 1. The van der Waals surface area contributed by atoms with Crippen LogP contribution in [0.15, 0.2) is 6.07 Å². The Balaban J connectivity index is 1.51. The highest BCUT2D eigenvalue weighted by atomic mass is 19.4. The van der Waals surface area contributed by atoms with Gasteiger partial charge in [-0.1, -0.05) is 0 Å². The maximum Gasteiger partial charge on any atom is 0.435 e. The third kappa shape index (κ3) is 3.39. The van der Waals surface area contributed by atoms with Crippen LogP contribution in [0.1, 0.15) is 31.4 Å². The second kappa shape index (κ2) is 6.10. The van der Waals surface area contributed by atoms with Crippen LogP contribution < -0.4 is 4.74 Å². The molecule has 0 bridgehead atoms. The highest BCUT2D eigenvalue weighted by Crippen LogP contribution is 2.36. The Kier molecular flexibility index (Phi) is 4.34. The lowest BCUT2D eigenvalue weighted by atomic mass is 9.74. The summed E-state index contributed by atoms with van der Waals surface area (Å²) >= 11 is 0. The smallest absolute Gasteiger partial charge is 0.435 e. The van der Waals surface area contributed by atoms with Crippen LogP contribution in [-0.2, 0) is 13.2 Å². The molecule has 0 radical (unpaired) electrons. The number of rotatable bonds is 5. The van der Waals surface area contributed by atoms with E-state index in [-0.39, 0.29) is 5.88 Å². The molecule has 1 saturated carbocycles. The van der Waals surface area contributed by atoms with Crippen molar-refractivity contribution < 1.29 is 17.9 Å². The van der Waals surface area contributed by atoms with E-state index < -0.39 is 11.9 Å². The minimum Gasteiger partial charge on any atom is -0.478 e. The van der Waals surface area contributed by atoms with Gasteiger partial charge in [-0.05, 0) is 50.6 Å². The second-order valence-electron chi connectivity index (χ2n) is 6.41. The molecule has 2 fully saturated rings. The number of aromatic nitrogens is 2. The largest absolute Gasteiger partial charge is 0.478 e. The van der Waals surface area contributed by atoms with Gasteiger partial charge in [0.25, 0.3) is 0 Å². The Morgan fingerprint density at radius 2 is 1.91 bits per heavy atom. The zero-order valence-electron chi connectivity index (χ0n) is 12.8. The number of aryl methyl sites for hydroxylation is 1. The van der Waals surface area contributed by atoms with E-state index in [9.17, 15) is 13.2 Å². The fourth-order valence-corrected chi connectivity index (χ4v) is 3.31. The SMILES string of the molecule is Cn1nc(C(F)(F)F)cc1OC[C@@H]1CC[C@@H]1CN1CCCC1. The van der Waals surface area contributed by atoms with E-state index in [4.69, 9.17) is 4.74 Å². The van der Waals surface area contributed by atoms with Gasteiger partial charge >= 0.3 is 6.18 Å². The number of hydrogen-bond donors (Lipinski definition) is 0. The molecule has 1 aliphatic heterocycles. The lowest BCUT2D eigenvalue weighted by molar-refractivity contribution is -0.141. The first-order valence-electron chi connectivity index (χ1n) is 7.90. The summed E-state index contributed by atoms with van der Waals surface area (Å²) in [6, 6.07) is 0.980. The normalized spacial score (nSPS) is 26.2. The average Bonchev–Trinajstić information content (AvgIpc) is 3.04. The van der Waals surface area contributed by atoms with Crippen LogP contribution in [0, 0.1) is 11.8 Å². The number of likely N-dealkylation sites (tertiary alicyclic amines) is 1. The molecular weight excluding hydrogens is 295 g/mol. The summed E-state index contributed by atoms with van der Waals surface area (Å²) in [6.07, 6.45) is 0.437. The Morgan fingerprint density at radius 1 is 1.23 bits per heavy atom. The maximum atomic E-state index is 12.6. The van der Waals surface area contributed by atoms with Gasteiger partial charge in [-0.3, -0.25) is 0 Å². The quantitative estimate of drug-likeness (QED) is 0.836. The Bertz CT molecular complexity index is 509. The molecule has 1 aliphatic carbocycles. The van der Waals surface area contributed by atoms with Crippen LogP contribution in [0.25, 0.3) is 0 Å².